The normalized spacial score (nSPS) is 10.5. The van der Waals surface area contributed by atoms with E-state index in [0.717, 1.165) is 10.6 Å². The highest BCUT2D eigenvalue weighted by Crippen LogP contribution is 2.32. The molecule has 0 aliphatic rings. The molecule has 0 radical (unpaired) electrons. The van der Waals surface area contributed by atoms with Crippen LogP contribution in [0, 0.1) is 6.92 Å². The number of nitrogens with zero attached hydrogens (tertiary/aromatic N) is 2. The maximum atomic E-state index is 11.9. The summed E-state index contributed by atoms with van der Waals surface area (Å²) >= 11 is 1.30. The molecular formula is C13H15N3O2S. The summed E-state index contributed by atoms with van der Waals surface area (Å²) in [4.78, 5) is 18.4. The second-order valence-electron chi connectivity index (χ2n) is 4.31. The predicted octanol–water partition coefficient (Wildman–Crippen LogP) is 2.42. The molecule has 2 N–H and O–H groups in total. The van der Waals surface area contributed by atoms with Crippen LogP contribution in [0.2, 0.25) is 0 Å². The van der Waals surface area contributed by atoms with Gasteiger partial charge < -0.3 is 15.1 Å². The van der Waals surface area contributed by atoms with Gasteiger partial charge in [0, 0.05) is 30.2 Å². The van der Waals surface area contributed by atoms with Crippen LogP contribution in [-0.4, -0.2) is 29.9 Å². The van der Waals surface area contributed by atoms with E-state index in [-0.39, 0.29) is 5.91 Å². The highest BCUT2D eigenvalue weighted by molar-refractivity contribution is 7.99. The van der Waals surface area contributed by atoms with E-state index < -0.39 is 0 Å². The molecule has 0 unspecified atom stereocenters. The van der Waals surface area contributed by atoms with Crippen LogP contribution in [0.3, 0.4) is 0 Å². The highest BCUT2D eigenvalue weighted by atomic mass is 32.2. The van der Waals surface area contributed by atoms with Crippen LogP contribution in [0.25, 0.3) is 0 Å². The lowest BCUT2D eigenvalue weighted by Crippen LogP contribution is -2.21. The lowest BCUT2D eigenvalue weighted by Gasteiger charge is -2.11. The van der Waals surface area contributed by atoms with Crippen molar-refractivity contribution in [2.75, 3.05) is 19.8 Å². The Bertz CT molecular complexity index is 608. The minimum atomic E-state index is -0.0644. The zero-order chi connectivity index (χ0) is 14.0. The third kappa shape index (κ3) is 3.08. The predicted molar refractivity (Wildman–Crippen MR) is 74.2 cm³/mol. The number of hydrogen-bond donors (Lipinski definition) is 1. The molecule has 0 bridgehead atoms. The maximum Gasteiger partial charge on any atom is 0.260 e. The molecule has 0 fully saturated rings. The summed E-state index contributed by atoms with van der Waals surface area (Å²) in [5.74, 6) is -0.0644. The largest absolute Gasteiger partial charge is 0.439 e. The molecular weight excluding hydrogens is 262 g/mol. The summed E-state index contributed by atoms with van der Waals surface area (Å²) in [6, 6.07) is 5.18. The van der Waals surface area contributed by atoms with Crippen molar-refractivity contribution in [1.82, 2.24) is 9.88 Å². The number of benzene rings is 1. The number of nitrogens with two attached hydrogens (primary N) is 1. The minimum absolute atomic E-state index is 0.0644. The lowest BCUT2D eigenvalue weighted by molar-refractivity contribution is 0.0827. The smallest absolute Gasteiger partial charge is 0.260 e. The maximum absolute atomic E-state index is 11.9. The van der Waals surface area contributed by atoms with E-state index in [9.17, 15) is 4.79 Å². The van der Waals surface area contributed by atoms with Crippen LogP contribution in [0.15, 0.2) is 39.0 Å². The quantitative estimate of drug-likeness (QED) is 0.872. The van der Waals surface area contributed by atoms with Gasteiger partial charge in [0.25, 0.3) is 11.1 Å². The number of amides is 1. The topological polar surface area (TPSA) is 72.4 Å². The first-order valence-corrected chi connectivity index (χ1v) is 6.50. The number of nitrogen functional groups attached to an aromatic ring is 1. The summed E-state index contributed by atoms with van der Waals surface area (Å²) in [6.07, 6.45) is 1.58. The Kier molecular flexibility index (Phi) is 3.80. The molecule has 0 saturated heterocycles. The Morgan fingerprint density at radius 2 is 2.16 bits per heavy atom. The standard InChI is InChI=1S/C13H15N3O2S/c1-8-7-18-13(15-8)19-11-6-9(4-5-10(11)14)12(17)16(2)3/h4-7H,14H2,1-3H3. The monoisotopic (exact) mass is 277 g/mol. The average molecular weight is 277 g/mol. The van der Waals surface area contributed by atoms with Crippen LogP contribution >= 0.6 is 11.8 Å². The molecule has 1 aromatic carbocycles. The molecule has 2 aromatic rings. The first-order valence-electron chi connectivity index (χ1n) is 5.68. The minimum Gasteiger partial charge on any atom is -0.439 e. The van der Waals surface area contributed by atoms with Gasteiger partial charge in [0.15, 0.2) is 0 Å². The van der Waals surface area contributed by atoms with Gasteiger partial charge in [-0.3, -0.25) is 4.79 Å². The van der Waals surface area contributed by atoms with Crippen molar-refractivity contribution >= 4 is 23.4 Å². The summed E-state index contributed by atoms with van der Waals surface area (Å²) in [7, 11) is 3.42. The van der Waals surface area contributed by atoms with E-state index in [4.69, 9.17) is 10.2 Å². The van der Waals surface area contributed by atoms with E-state index in [1.54, 1.807) is 38.6 Å². The molecule has 6 heteroatoms. The number of oxazole rings is 1. The van der Waals surface area contributed by atoms with E-state index in [1.165, 1.54) is 16.7 Å². The number of aromatic nitrogens is 1. The number of rotatable bonds is 3. The zero-order valence-electron chi connectivity index (χ0n) is 11.0. The Balaban J connectivity index is 2.29. The molecule has 1 aromatic heterocycles. The Labute approximate surface area is 115 Å². The fourth-order valence-electron chi connectivity index (χ4n) is 1.49. The Morgan fingerprint density at radius 1 is 1.42 bits per heavy atom. The molecule has 0 spiro atoms. The van der Waals surface area contributed by atoms with E-state index >= 15 is 0 Å². The molecule has 19 heavy (non-hydrogen) atoms. The Hall–Kier alpha value is -1.95. The van der Waals surface area contributed by atoms with Crippen molar-refractivity contribution in [2.24, 2.45) is 0 Å². The van der Waals surface area contributed by atoms with Gasteiger partial charge in [-0.15, -0.1) is 0 Å². The van der Waals surface area contributed by atoms with Crippen LogP contribution < -0.4 is 5.73 Å². The fraction of sp³-hybridized carbons (Fsp3) is 0.231. The molecule has 1 amide bonds. The van der Waals surface area contributed by atoms with E-state index in [2.05, 4.69) is 4.98 Å². The van der Waals surface area contributed by atoms with Crippen LogP contribution in [-0.2, 0) is 0 Å². The summed E-state index contributed by atoms with van der Waals surface area (Å²) in [5, 5.41) is 0.513. The molecule has 2 rings (SSSR count). The van der Waals surface area contributed by atoms with Crippen molar-refractivity contribution < 1.29 is 9.21 Å². The molecule has 5 nitrogen and oxygen atoms in total. The van der Waals surface area contributed by atoms with Crippen molar-refractivity contribution in [3.05, 3.63) is 35.7 Å². The van der Waals surface area contributed by atoms with Gasteiger partial charge in [-0.25, -0.2) is 4.98 Å². The highest BCUT2D eigenvalue weighted by Gasteiger charge is 2.12. The number of carbonyl (C=O) groups excluding carboxylic acids is 1. The summed E-state index contributed by atoms with van der Waals surface area (Å²) in [6.45, 7) is 1.85. The lowest BCUT2D eigenvalue weighted by atomic mass is 10.2. The van der Waals surface area contributed by atoms with Gasteiger partial charge in [-0.05, 0) is 36.9 Å². The first-order chi connectivity index (χ1) is 8.97. The fourth-order valence-corrected chi connectivity index (χ4v) is 2.33. The number of anilines is 1. The second-order valence-corrected chi connectivity index (χ2v) is 5.30. The SMILES string of the molecule is Cc1coc(Sc2cc(C(=O)N(C)C)ccc2N)n1. The van der Waals surface area contributed by atoms with Crippen molar-refractivity contribution in [3.63, 3.8) is 0 Å². The molecule has 0 atom stereocenters. The van der Waals surface area contributed by atoms with Gasteiger partial charge in [-0.1, -0.05) is 0 Å². The number of carbonyl (C=O) groups is 1. The molecule has 1 heterocycles. The van der Waals surface area contributed by atoms with Gasteiger partial charge in [0.1, 0.15) is 6.26 Å². The summed E-state index contributed by atoms with van der Waals surface area (Å²) in [5.41, 5.74) is 7.89. The van der Waals surface area contributed by atoms with E-state index in [1.807, 2.05) is 6.92 Å². The van der Waals surface area contributed by atoms with Crippen LogP contribution in [0.4, 0.5) is 5.69 Å². The van der Waals surface area contributed by atoms with Crippen molar-refractivity contribution in [1.29, 1.82) is 0 Å². The first kappa shape index (κ1) is 13.5. The molecule has 0 aliphatic heterocycles. The van der Waals surface area contributed by atoms with Gasteiger partial charge in [-0.2, -0.15) is 0 Å². The van der Waals surface area contributed by atoms with Crippen molar-refractivity contribution in [3.8, 4) is 0 Å². The van der Waals surface area contributed by atoms with Gasteiger partial charge in [0.2, 0.25) is 0 Å². The summed E-state index contributed by atoms with van der Waals surface area (Å²) < 4.78 is 5.27. The Morgan fingerprint density at radius 3 is 2.74 bits per heavy atom. The molecule has 100 valence electrons. The van der Waals surface area contributed by atoms with Crippen LogP contribution in [0.5, 0.6) is 0 Å². The third-order valence-electron chi connectivity index (χ3n) is 2.46. The molecule has 0 saturated carbocycles. The van der Waals surface area contributed by atoms with E-state index in [0.29, 0.717) is 16.5 Å². The zero-order valence-corrected chi connectivity index (χ0v) is 11.8. The number of aryl methyl sites for hydroxylation is 1. The van der Waals surface area contributed by atoms with Crippen LogP contribution in [0.1, 0.15) is 16.1 Å². The van der Waals surface area contributed by atoms with Gasteiger partial charge >= 0.3 is 0 Å². The van der Waals surface area contributed by atoms with Gasteiger partial charge in [0.05, 0.1) is 5.69 Å². The number of hydrogen-bond acceptors (Lipinski definition) is 5. The van der Waals surface area contributed by atoms with Crippen molar-refractivity contribution in [2.45, 2.75) is 17.0 Å². The third-order valence-corrected chi connectivity index (χ3v) is 3.40. The second kappa shape index (κ2) is 5.36. The average Bonchev–Trinajstić information content (AvgIpc) is 2.76. The molecule has 0 aliphatic carbocycles.